The van der Waals surface area contributed by atoms with E-state index in [0.29, 0.717) is 24.3 Å². The molecule has 0 radical (unpaired) electrons. The third-order valence-corrected chi connectivity index (χ3v) is 7.25. The van der Waals surface area contributed by atoms with E-state index in [0.717, 1.165) is 11.1 Å². The van der Waals surface area contributed by atoms with Crippen LogP contribution in [0.4, 0.5) is 5.69 Å². The maximum atomic E-state index is 12.8. The number of aryl methyl sites for hydroxylation is 2. The van der Waals surface area contributed by atoms with Crippen LogP contribution in [-0.2, 0) is 24.3 Å². The van der Waals surface area contributed by atoms with Crippen molar-refractivity contribution in [2.24, 2.45) is 5.92 Å². The van der Waals surface area contributed by atoms with Gasteiger partial charge in [0.2, 0.25) is 10.0 Å². The van der Waals surface area contributed by atoms with Crippen molar-refractivity contribution < 1.29 is 27.5 Å². The first-order valence-electron chi connectivity index (χ1n) is 10.4. The normalized spacial score (nSPS) is 15.2. The van der Waals surface area contributed by atoms with Gasteiger partial charge in [0, 0.05) is 18.8 Å². The van der Waals surface area contributed by atoms with E-state index in [1.54, 1.807) is 12.1 Å². The molecular weight excluding hydrogens is 432 g/mol. The number of ether oxygens (including phenoxy) is 2. The molecule has 2 aromatic rings. The molecule has 0 spiro atoms. The zero-order chi connectivity index (χ0) is 23.3. The Morgan fingerprint density at radius 3 is 2.19 bits per heavy atom. The number of rotatable bonds is 7. The van der Waals surface area contributed by atoms with Crippen molar-refractivity contribution in [1.29, 1.82) is 0 Å². The van der Waals surface area contributed by atoms with E-state index in [2.05, 4.69) is 5.32 Å². The van der Waals surface area contributed by atoms with Crippen molar-refractivity contribution in [2.45, 2.75) is 31.6 Å². The van der Waals surface area contributed by atoms with Crippen molar-refractivity contribution >= 4 is 27.6 Å². The largest absolute Gasteiger partial charge is 0.497 e. The Balaban J connectivity index is 1.49. The lowest BCUT2D eigenvalue weighted by atomic mass is 9.98. The number of sulfonamides is 1. The molecule has 1 fully saturated rings. The monoisotopic (exact) mass is 460 g/mol. The molecule has 8 nitrogen and oxygen atoms in total. The van der Waals surface area contributed by atoms with Crippen LogP contribution in [0, 0.1) is 19.8 Å². The number of nitrogens with zero attached hydrogens (tertiary/aromatic N) is 1. The highest BCUT2D eigenvalue weighted by Gasteiger charge is 2.33. The first kappa shape index (κ1) is 23.7. The molecule has 0 aromatic heterocycles. The third kappa shape index (κ3) is 5.86. The Hall–Kier alpha value is -2.91. The van der Waals surface area contributed by atoms with Gasteiger partial charge in [0.25, 0.3) is 5.91 Å². The lowest BCUT2D eigenvalue weighted by Crippen LogP contribution is -2.40. The van der Waals surface area contributed by atoms with Crippen molar-refractivity contribution in [3.8, 4) is 5.75 Å². The van der Waals surface area contributed by atoms with Crippen molar-refractivity contribution in [2.75, 3.05) is 32.1 Å². The minimum atomic E-state index is -3.64. The maximum absolute atomic E-state index is 12.8. The van der Waals surface area contributed by atoms with Gasteiger partial charge in [0.1, 0.15) is 5.75 Å². The van der Waals surface area contributed by atoms with Crippen LogP contribution in [0.5, 0.6) is 5.75 Å². The van der Waals surface area contributed by atoms with E-state index in [4.69, 9.17) is 9.47 Å². The first-order valence-corrected chi connectivity index (χ1v) is 11.8. The maximum Gasteiger partial charge on any atom is 0.309 e. The molecule has 0 bridgehead atoms. The number of methoxy groups -OCH3 is 1. The van der Waals surface area contributed by atoms with Crippen molar-refractivity contribution in [1.82, 2.24) is 4.31 Å². The third-order valence-electron chi connectivity index (χ3n) is 5.34. The molecule has 0 atom stereocenters. The molecule has 1 amide bonds. The molecule has 1 aliphatic rings. The Bertz CT molecular complexity index is 1050. The fraction of sp³-hybridized carbons (Fsp3) is 0.391. The minimum absolute atomic E-state index is 0.183. The molecular formula is C23H28N2O6S. The summed E-state index contributed by atoms with van der Waals surface area (Å²) in [5, 5.41) is 2.72. The second kappa shape index (κ2) is 10.1. The van der Waals surface area contributed by atoms with E-state index in [-0.39, 0.29) is 24.6 Å². The number of esters is 1. The number of amides is 1. The molecule has 0 aliphatic carbocycles. The van der Waals surface area contributed by atoms with E-state index in [1.165, 1.54) is 23.5 Å². The van der Waals surface area contributed by atoms with Crippen LogP contribution in [0.25, 0.3) is 0 Å². The number of nitrogens with one attached hydrogen (secondary N) is 1. The molecule has 1 saturated heterocycles. The summed E-state index contributed by atoms with van der Waals surface area (Å²) in [5.74, 6) is -0.761. The highest BCUT2D eigenvalue weighted by Crippen LogP contribution is 2.25. The van der Waals surface area contributed by atoms with Gasteiger partial charge in [-0.15, -0.1) is 0 Å². The topological polar surface area (TPSA) is 102 Å². The SMILES string of the molecule is COc1ccc(S(=O)(=O)N2CCC(C(=O)OCC(=O)Nc3cc(C)cc(C)c3)CC2)cc1. The predicted octanol–water partition coefficient (Wildman–Crippen LogP) is 2.89. The van der Waals surface area contributed by atoms with Crippen molar-refractivity contribution in [3.63, 3.8) is 0 Å². The summed E-state index contributed by atoms with van der Waals surface area (Å²) in [6, 6.07) is 11.9. The van der Waals surface area contributed by atoms with Gasteiger partial charge in [-0.3, -0.25) is 9.59 Å². The average Bonchev–Trinajstić information content (AvgIpc) is 2.77. The van der Waals surface area contributed by atoms with Crippen LogP contribution in [0.3, 0.4) is 0 Å². The summed E-state index contributed by atoms with van der Waals surface area (Å²) in [4.78, 5) is 24.7. The van der Waals surface area contributed by atoms with Crippen LogP contribution in [-0.4, -0.2) is 51.4 Å². The Morgan fingerprint density at radius 1 is 1.03 bits per heavy atom. The Kier molecular flexibility index (Phi) is 7.52. The molecule has 9 heteroatoms. The zero-order valence-corrected chi connectivity index (χ0v) is 19.3. The second-order valence-corrected chi connectivity index (χ2v) is 9.82. The molecule has 1 heterocycles. The van der Waals surface area contributed by atoms with E-state index >= 15 is 0 Å². The number of piperidine rings is 1. The smallest absolute Gasteiger partial charge is 0.309 e. The Labute approximate surface area is 188 Å². The highest BCUT2D eigenvalue weighted by molar-refractivity contribution is 7.89. The minimum Gasteiger partial charge on any atom is -0.497 e. The van der Waals surface area contributed by atoms with Gasteiger partial charge >= 0.3 is 5.97 Å². The van der Waals surface area contributed by atoms with Crippen LogP contribution in [0.15, 0.2) is 47.4 Å². The van der Waals surface area contributed by atoms with Gasteiger partial charge in [-0.2, -0.15) is 4.31 Å². The van der Waals surface area contributed by atoms with Crippen LogP contribution in [0.1, 0.15) is 24.0 Å². The fourth-order valence-electron chi connectivity index (χ4n) is 3.73. The average molecular weight is 461 g/mol. The summed E-state index contributed by atoms with van der Waals surface area (Å²) in [5.41, 5.74) is 2.70. The van der Waals surface area contributed by atoms with Gasteiger partial charge in [-0.1, -0.05) is 6.07 Å². The summed E-state index contributed by atoms with van der Waals surface area (Å²) in [6.07, 6.45) is 0.680. The predicted molar refractivity (Wildman–Crippen MR) is 120 cm³/mol. The van der Waals surface area contributed by atoms with Crippen LogP contribution in [0.2, 0.25) is 0 Å². The lowest BCUT2D eigenvalue weighted by molar-refractivity contribution is -0.152. The standard InChI is InChI=1S/C23H28N2O6S/c1-16-12-17(2)14-19(13-16)24-22(26)15-31-23(27)18-8-10-25(11-9-18)32(28,29)21-6-4-20(30-3)5-7-21/h4-7,12-14,18H,8-11,15H2,1-3H3,(H,24,26). The van der Waals surface area contributed by atoms with Crippen molar-refractivity contribution in [3.05, 3.63) is 53.6 Å². The fourth-order valence-corrected chi connectivity index (χ4v) is 5.20. The molecule has 2 aromatic carbocycles. The molecule has 3 rings (SSSR count). The van der Waals surface area contributed by atoms with E-state index in [1.807, 2.05) is 32.0 Å². The van der Waals surface area contributed by atoms with Crippen LogP contribution >= 0.6 is 0 Å². The molecule has 172 valence electrons. The molecule has 1 N–H and O–H groups in total. The molecule has 32 heavy (non-hydrogen) atoms. The van der Waals surface area contributed by atoms with Crippen LogP contribution < -0.4 is 10.1 Å². The molecule has 0 saturated carbocycles. The quantitative estimate of drug-likeness (QED) is 0.638. The first-order chi connectivity index (χ1) is 15.2. The number of carbonyl (C=O) groups is 2. The Morgan fingerprint density at radius 2 is 1.62 bits per heavy atom. The summed E-state index contributed by atoms with van der Waals surface area (Å²) >= 11 is 0. The van der Waals surface area contributed by atoms with E-state index < -0.39 is 27.8 Å². The number of carbonyl (C=O) groups excluding carboxylic acids is 2. The number of anilines is 1. The highest BCUT2D eigenvalue weighted by atomic mass is 32.2. The van der Waals surface area contributed by atoms with Gasteiger partial charge in [0.05, 0.1) is 17.9 Å². The molecule has 0 unspecified atom stereocenters. The lowest BCUT2D eigenvalue weighted by Gasteiger charge is -2.30. The summed E-state index contributed by atoms with van der Waals surface area (Å²) < 4.78 is 37.2. The van der Waals surface area contributed by atoms with E-state index in [9.17, 15) is 18.0 Å². The zero-order valence-electron chi connectivity index (χ0n) is 18.5. The number of hydrogen-bond acceptors (Lipinski definition) is 6. The number of benzene rings is 2. The van der Waals surface area contributed by atoms with Gasteiger partial charge < -0.3 is 14.8 Å². The summed E-state index contributed by atoms with van der Waals surface area (Å²) in [7, 11) is -2.13. The summed E-state index contributed by atoms with van der Waals surface area (Å²) in [6.45, 7) is 3.91. The molecule has 1 aliphatic heterocycles. The second-order valence-electron chi connectivity index (χ2n) is 7.89. The van der Waals surface area contributed by atoms with Gasteiger partial charge in [-0.25, -0.2) is 8.42 Å². The van der Waals surface area contributed by atoms with Gasteiger partial charge in [-0.05, 0) is 74.2 Å². The van der Waals surface area contributed by atoms with Gasteiger partial charge in [0.15, 0.2) is 6.61 Å². The number of hydrogen-bond donors (Lipinski definition) is 1.